The van der Waals surface area contributed by atoms with Gasteiger partial charge < -0.3 is 19.9 Å². The van der Waals surface area contributed by atoms with Gasteiger partial charge in [-0.3, -0.25) is 4.79 Å². The molecule has 1 aromatic carbocycles. The van der Waals surface area contributed by atoms with Crippen molar-refractivity contribution in [2.45, 2.75) is 19.3 Å². The summed E-state index contributed by atoms with van der Waals surface area (Å²) in [6.07, 6.45) is 2.87. The average molecular weight is 279 g/mol. The summed E-state index contributed by atoms with van der Waals surface area (Å²) in [5.41, 5.74) is 0.619. The third-order valence-corrected chi connectivity index (χ3v) is 3.84. The number of rotatable bonds is 7. The molecule has 20 heavy (non-hydrogen) atoms. The summed E-state index contributed by atoms with van der Waals surface area (Å²) < 4.78 is 10.3. The van der Waals surface area contributed by atoms with Gasteiger partial charge in [-0.1, -0.05) is 0 Å². The lowest BCUT2D eigenvalue weighted by molar-refractivity contribution is 0.0940. The van der Waals surface area contributed by atoms with E-state index in [9.17, 15) is 4.79 Å². The standard InChI is InChI=1S/C15H21NO4/c1-19-12-7-11(8-13(9-12)20-2)14(18)16-10-15(3-4-15)5-6-17/h7-9,17H,3-6,10H2,1-2H3,(H,16,18). The summed E-state index contributed by atoms with van der Waals surface area (Å²) in [7, 11) is 3.10. The fraction of sp³-hybridized carbons (Fsp3) is 0.533. The molecule has 0 aromatic heterocycles. The van der Waals surface area contributed by atoms with Gasteiger partial charge >= 0.3 is 0 Å². The summed E-state index contributed by atoms with van der Waals surface area (Å²) >= 11 is 0. The number of amides is 1. The zero-order valence-electron chi connectivity index (χ0n) is 11.9. The summed E-state index contributed by atoms with van der Waals surface area (Å²) in [5, 5.41) is 11.9. The molecule has 1 amide bonds. The van der Waals surface area contributed by atoms with Crippen molar-refractivity contribution in [1.82, 2.24) is 5.32 Å². The highest BCUT2D eigenvalue weighted by atomic mass is 16.5. The topological polar surface area (TPSA) is 67.8 Å². The third-order valence-electron chi connectivity index (χ3n) is 3.84. The molecule has 5 heteroatoms. The molecule has 0 heterocycles. The van der Waals surface area contributed by atoms with Crippen LogP contribution in [-0.2, 0) is 0 Å². The fourth-order valence-electron chi connectivity index (χ4n) is 2.24. The van der Waals surface area contributed by atoms with Crippen molar-refractivity contribution >= 4 is 5.91 Å². The van der Waals surface area contributed by atoms with Crippen molar-refractivity contribution in [3.05, 3.63) is 23.8 Å². The van der Waals surface area contributed by atoms with Gasteiger partial charge in [0, 0.05) is 24.8 Å². The van der Waals surface area contributed by atoms with Crippen molar-refractivity contribution in [3.63, 3.8) is 0 Å². The van der Waals surface area contributed by atoms with E-state index in [0.29, 0.717) is 23.6 Å². The predicted molar refractivity (Wildman–Crippen MR) is 75.2 cm³/mol. The highest BCUT2D eigenvalue weighted by molar-refractivity contribution is 5.95. The molecule has 0 unspecified atom stereocenters. The summed E-state index contributed by atoms with van der Waals surface area (Å²) in [6, 6.07) is 5.10. The van der Waals surface area contributed by atoms with Gasteiger partial charge in [-0.05, 0) is 36.8 Å². The molecule has 2 rings (SSSR count). The van der Waals surface area contributed by atoms with E-state index in [4.69, 9.17) is 14.6 Å². The van der Waals surface area contributed by atoms with Gasteiger partial charge in [0.25, 0.3) is 5.91 Å². The minimum absolute atomic E-state index is 0.105. The van der Waals surface area contributed by atoms with Crippen molar-refractivity contribution in [2.24, 2.45) is 5.41 Å². The Balaban J connectivity index is 2.01. The molecule has 2 N–H and O–H groups in total. The minimum atomic E-state index is -0.147. The number of methoxy groups -OCH3 is 2. The zero-order valence-corrected chi connectivity index (χ0v) is 11.9. The van der Waals surface area contributed by atoms with Gasteiger partial charge in [-0.25, -0.2) is 0 Å². The number of hydrogen-bond donors (Lipinski definition) is 2. The van der Waals surface area contributed by atoms with E-state index in [-0.39, 0.29) is 17.9 Å². The third kappa shape index (κ3) is 3.42. The molecule has 5 nitrogen and oxygen atoms in total. The molecule has 0 saturated heterocycles. The van der Waals surface area contributed by atoms with Crippen molar-refractivity contribution < 1.29 is 19.4 Å². The van der Waals surface area contributed by atoms with Crippen LogP contribution in [0.15, 0.2) is 18.2 Å². The van der Waals surface area contributed by atoms with Crippen LogP contribution < -0.4 is 14.8 Å². The van der Waals surface area contributed by atoms with Crippen LogP contribution in [0.25, 0.3) is 0 Å². The number of carbonyl (C=O) groups is 1. The van der Waals surface area contributed by atoms with E-state index in [1.54, 1.807) is 32.4 Å². The first kappa shape index (κ1) is 14.7. The monoisotopic (exact) mass is 279 g/mol. The Bertz CT molecular complexity index is 461. The van der Waals surface area contributed by atoms with Crippen molar-refractivity contribution in [1.29, 1.82) is 0 Å². The first-order valence-corrected chi connectivity index (χ1v) is 6.74. The Labute approximate surface area is 118 Å². The SMILES string of the molecule is COc1cc(OC)cc(C(=O)NCC2(CCO)CC2)c1. The van der Waals surface area contributed by atoms with Gasteiger partial charge in [0.1, 0.15) is 11.5 Å². The molecule has 0 bridgehead atoms. The minimum Gasteiger partial charge on any atom is -0.497 e. The molecule has 110 valence electrons. The number of nitrogens with one attached hydrogen (secondary N) is 1. The first-order valence-electron chi connectivity index (χ1n) is 6.74. The number of hydrogen-bond acceptors (Lipinski definition) is 4. The molecule has 0 spiro atoms. The molecule has 1 saturated carbocycles. The number of aliphatic hydroxyl groups excluding tert-OH is 1. The van der Waals surface area contributed by atoms with Crippen LogP contribution in [0.2, 0.25) is 0 Å². The van der Waals surface area contributed by atoms with E-state index in [1.165, 1.54) is 0 Å². The summed E-state index contributed by atoms with van der Waals surface area (Å²) in [6.45, 7) is 0.773. The second-order valence-corrected chi connectivity index (χ2v) is 5.26. The lowest BCUT2D eigenvalue weighted by Gasteiger charge is -2.15. The molecule has 1 aliphatic carbocycles. The summed E-state index contributed by atoms with van der Waals surface area (Å²) in [4.78, 5) is 12.2. The maximum atomic E-state index is 12.2. The number of benzene rings is 1. The van der Waals surface area contributed by atoms with Gasteiger partial charge in [0.05, 0.1) is 14.2 Å². The van der Waals surface area contributed by atoms with Crippen LogP contribution in [0.5, 0.6) is 11.5 Å². The van der Waals surface area contributed by atoms with Gasteiger partial charge in [0.15, 0.2) is 0 Å². The van der Waals surface area contributed by atoms with Crippen molar-refractivity contribution in [3.8, 4) is 11.5 Å². The van der Waals surface area contributed by atoms with Crippen LogP contribution >= 0.6 is 0 Å². The second-order valence-electron chi connectivity index (χ2n) is 5.26. The molecule has 0 radical (unpaired) electrons. The van der Waals surface area contributed by atoms with Crippen LogP contribution in [-0.4, -0.2) is 38.4 Å². The maximum absolute atomic E-state index is 12.2. The lowest BCUT2D eigenvalue weighted by atomic mass is 10.0. The smallest absolute Gasteiger partial charge is 0.251 e. The fourth-order valence-corrected chi connectivity index (χ4v) is 2.24. The normalized spacial score (nSPS) is 15.6. The Hall–Kier alpha value is -1.75. The molecule has 1 aliphatic rings. The summed E-state index contributed by atoms with van der Waals surface area (Å²) in [5.74, 6) is 1.03. The predicted octanol–water partition coefficient (Wildman–Crippen LogP) is 1.60. The highest BCUT2D eigenvalue weighted by Crippen LogP contribution is 2.47. The molecular formula is C15H21NO4. The van der Waals surface area contributed by atoms with E-state index < -0.39 is 0 Å². The quantitative estimate of drug-likeness (QED) is 0.795. The molecule has 1 aromatic rings. The van der Waals surface area contributed by atoms with Crippen LogP contribution in [0, 0.1) is 5.41 Å². The van der Waals surface area contributed by atoms with E-state index in [2.05, 4.69) is 5.32 Å². The maximum Gasteiger partial charge on any atom is 0.251 e. The van der Waals surface area contributed by atoms with Gasteiger partial charge in [-0.15, -0.1) is 0 Å². The average Bonchev–Trinajstić information content (AvgIpc) is 3.24. The van der Waals surface area contributed by atoms with Crippen molar-refractivity contribution in [2.75, 3.05) is 27.4 Å². The van der Waals surface area contributed by atoms with Crippen LogP contribution in [0.4, 0.5) is 0 Å². The molecule has 0 atom stereocenters. The lowest BCUT2D eigenvalue weighted by Crippen LogP contribution is -2.30. The highest BCUT2D eigenvalue weighted by Gasteiger charge is 2.41. The molecule has 0 aliphatic heterocycles. The van der Waals surface area contributed by atoms with Gasteiger partial charge in [-0.2, -0.15) is 0 Å². The largest absolute Gasteiger partial charge is 0.497 e. The zero-order chi connectivity index (χ0) is 14.6. The van der Waals surface area contributed by atoms with Crippen LogP contribution in [0.1, 0.15) is 29.6 Å². The molecule has 1 fully saturated rings. The number of aliphatic hydroxyl groups is 1. The van der Waals surface area contributed by atoms with E-state index in [0.717, 1.165) is 19.3 Å². The van der Waals surface area contributed by atoms with E-state index in [1.807, 2.05) is 0 Å². The van der Waals surface area contributed by atoms with Crippen LogP contribution in [0.3, 0.4) is 0 Å². The Morgan fingerprint density at radius 3 is 2.30 bits per heavy atom. The molecular weight excluding hydrogens is 258 g/mol. The first-order chi connectivity index (χ1) is 9.62. The van der Waals surface area contributed by atoms with Gasteiger partial charge in [0.2, 0.25) is 0 Å². The Morgan fingerprint density at radius 1 is 1.25 bits per heavy atom. The van der Waals surface area contributed by atoms with E-state index >= 15 is 0 Å². The Morgan fingerprint density at radius 2 is 1.85 bits per heavy atom. The number of ether oxygens (including phenoxy) is 2. The number of carbonyl (C=O) groups excluding carboxylic acids is 1. The second kappa shape index (κ2) is 6.13. The Kier molecular flexibility index (Phi) is 4.49.